The SMILES string of the molecule is C[C@@H](CC=O)c1ccccc1F. The van der Waals surface area contributed by atoms with E-state index in [0.29, 0.717) is 12.0 Å². The van der Waals surface area contributed by atoms with Crippen LogP contribution in [0.1, 0.15) is 24.8 Å². The van der Waals surface area contributed by atoms with E-state index in [1.165, 1.54) is 6.07 Å². The summed E-state index contributed by atoms with van der Waals surface area (Å²) in [5.74, 6) is -0.254. The largest absolute Gasteiger partial charge is 0.303 e. The number of carbonyl (C=O) groups excluding carboxylic acids is 1. The van der Waals surface area contributed by atoms with Gasteiger partial charge in [-0.05, 0) is 17.5 Å². The van der Waals surface area contributed by atoms with Crippen LogP contribution in [-0.4, -0.2) is 6.29 Å². The molecule has 1 rings (SSSR count). The molecule has 12 heavy (non-hydrogen) atoms. The lowest BCUT2D eigenvalue weighted by atomic mass is 9.98. The Morgan fingerprint density at radius 1 is 1.50 bits per heavy atom. The van der Waals surface area contributed by atoms with Gasteiger partial charge in [-0.1, -0.05) is 25.1 Å². The maximum Gasteiger partial charge on any atom is 0.126 e. The highest BCUT2D eigenvalue weighted by molar-refractivity contribution is 5.51. The zero-order chi connectivity index (χ0) is 8.97. The van der Waals surface area contributed by atoms with Gasteiger partial charge >= 0.3 is 0 Å². The van der Waals surface area contributed by atoms with E-state index in [-0.39, 0.29) is 11.7 Å². The van der Waals surface area contributed by atoms with E-state index < -0.39 is 0 Å². The molecule has 0 heterocycles. The number of carbonyl (C=O) groups is 1. The normalized spacial score (nSPS) is 12.5. The lowest BCUT2D eigenvalue weighted by Crippen LogP contribution is -1.97. The van der Waals surface area contributed by atoms with Gasteiger partial charge in [0, 0.05) is 6.42 Å². The van der Waals surface area contributed by atoms with E-state index in [2.05, 4.69) is 0 Å². The molecule has 1 aromatic carbocycles. The number of benzene rings is 1. The highest BCUT2D eigenvalue weighted by atomic mass is 19.1. The van der Waals surface area contributed by atoms with Crippen molar-refractivity contribution in [2.45, 2.75) is 19.3 Å². The summed E-state index contributed by atoms with van der Waals surface area (Å²) >= 11 is 0. The summed E-state index contributed by atoms with van der Waals surface area (Å²) in [6.45, 7) is 1.84. The van der Waals surface area contributed by atoms with Crippen molar-refractivity contribution >= 4 is 6.29 Å². The fourth-order valence-corrected chi connectivity index (χ4v) is 1.15. The highest BCUT2D eigenvalue weighted by Crippen LogP contribution is 2.20. The molecule has 1 atom stereocenters. The van der Waals surface area contributed by atoms with E-state index in [4.69, 9.17) is 0 Å². The molecule has 0 amide bonds. The minimum atomic E-state index is -0.230. The lowest BCUT2D eigenvalue weighted by molar-refractivity contribution is -0.108. The topological polar surface area (TPSA) is 17.1 Å². The Labute approximate surface area is 71.2 Å². The van der Waals surface area contributed by atoms with Crippen molar-refractivity contribution in [1.29, 1.82) is 0 Å². The molecule has 1 nitrogen and oxygen atoms in total. The van der Waals surface area contributed by atoms with Gasteiger partial charge in [0.1, 0.15) is 12.1 Å². The maximum atomic E-state index is 13.0. The molecule has 1 aromatic rings. The summed E-state index contributed by atoms with van der Waals surface area (Å²) in [7, 11) is 0. The van der Waals surface area contributed by atoms with Gasteiger partial charge in [0.2, 0.25) is 0 Å². The number of rotatable bonds is 3. The van der Waals surface area contributed by atoms with Gasteiger partial charge in [-0.15, -0.1) is 0 Å². The second kappa shape index (κ2) is 4.00. The Balaban J connectivity index is 2.86. The standard InChI is InChI=1S/C10H11FO/c1-8(6-7-12)9-4-2-3-5-10(9)11/h2-5,7-8H,6H2,1H3/t8-/m0/s1. The molecule has 0 fully saturated rings. The molecule has 0 aromatic heterocycles. The van der Waals surface area contributed by atoms with Gasteiger partial charge in [-0.2, -0.15) is 0 Å². The van der Waals surface area contributed by atoms with Gasteiger partial charge in [0.05, 0.1) is 0 Å². The van der Waals surface area contributed by atoms with Crippen LogP contribution in [0.5, 0.6) is 0 Å². The Morgan fingerprint density at radius 3 is 2.75 bits per heavy atom. The van der Waals surface area contributed by atoms with Gasteiger partial charge in [-0.25, -0.2) is 4.39 Å². The Hall–Kier alpha value is -1.18. The molecule has 0 bridgehead atoms. The number of hydrogen-bond acceptors (Lipinski definition) is 1. The Kier molecular flexibility index (Phi) is 2.97. The van der Waals surface area contributed by atoms with E-state index in [1.54, 1.807) is 18.2 Å². The van der Waals surface area contributed by atoms with Gasteiger partial charge in [0.15, 0.2) is 0 Å². The van der Waals surface area contributed by atoms with Crippen LogP contribution in [0.25, 0.3) is 0 Å². The highest BCUT2D eigenvalue weighted by Gasteiger charge is 2.08. The molecule has 2 heteroatoms. The quantitative estimate of drug-likeness (QED) is 0.630. The summed E-state index contributed by atoms with van der Waals surface area (Å²) < 4.78 is 13.0. The van der Waals surface area contributed by atoms with Crippen molar-refractivity contribution in [2.24, 2.45) is 0 Å². The van der Waals surface area contributed by atoms with Gasteiger partial charge in [0.25, 0.3) is 0 Å². The fraction of sp³-hybridized carbons (Fsp3) is 0.300. The Morgan fingerprint density at radius 2 is 2.17 bits per heavy atom. The first-order chi connectivity index (χ1) is 5.75. The second-order valence-electron chi connectivity index (χ2n) is 2.82. The predicted molar refractivity (Wildman–Crippen MR) is 45.5 cm³/mol. The van der Waals surface area contributed by atoms with E-state index in [1.807, 2.05) is 6.92 Å². The van der Waals surface area contributed by atoms with Gasteiger partial charge in [-0.3, -0.25) is 0 Å². The summed E-state index contributed by atoms with van der Waals surface area (Å²) in [6, 6.07) is 6.55. The van der Waals surface area contributed by atoms with Crippen molar-refractivity contribution in [2.75, 3.05) is 0 Å². The average Bonchev–Trinajstić information content (AvgIpc) is 2.05. The molecular weight excluding hydrogens is 155 g/mol. The predicted octanol–water partition coefficient (Wildman–Crippen LogP) is 2.52. The van der Waals surface area contributed by atoms with Crippen LogP contribution in [0.15, 0.2) is 24.3 Å². The number of aldehydes is 1. The number of halogens is 1. The maximum absolute atomic E-state index is 13.0. The zero-order valence-corrected chi connectivity index (χ0v) is 6.96. The zero-order valence-electron chi connectivity index (χ0n) is 6.96. The molecule has 64 valence electrons. The van der Waals surface area contributed by atoms with Crippen LogP contribution in [0.4, 0.5) is 4.39 Å². The molecule has 0 aliphatic carbocycles. The summed E-state index contributed by atoms with van der Waals surface area (Å²) in [5, 5.41) is 0. The van der Waals surface area contributed by atoms with Crippen LogP contribution in [0.2, 0.25) is 0 Å². The third-order valence-corrected chi connectivity index (χ3v) is 1.89. The van der Waals surface area contributed by atoms with Gasteiger partial charge < -0.3 is 4.79 Å². The van der Waals surface area contributed by atoms with Crippen molar-refractivity contribution in [3.63, 3.8) is 0 Å². The molecule has 0 N–H and O–H groups in total. The van der Waals surface area contributed by atoms with Crippen molar-refractivity contribution < 1.29 is 9.18 Å². The van der Waals surface area contributed by atoms with E-state index in [9.17, 15) is 9.18 Å². The summed E-state index contributed by atoms with van der Waals surface area (Å²) in [6.07, 6.45) is 1.19. The third-order valence-electron chi connectivity index (χ3n) is 1.89. The van der Waals surface area contributed by atoms with Crippen LogP contribution in [0, 0.1) is 5.82 Å². The molecule has 0 radical (unpaired) electrons. The smallest absolute Gasteiger partial charge is 0.126 e. The first-order valence-electron chi connectivity index (χ1n) is 3.93. The third kappa shape index (κ3) is 1.91. The van der Waals surface area contributed by atoms with E-state index >= 15 is 0 Å². The first kappa shape index (κ1) is 8.91. The van der Waals surface area contributed by atoms with Crippen LogP contribution >= 0.6 is 0 Å². The van der Waals surface area contributed by atoms with Crippen molar-refractivity contribution in [3.05, 3.63) is 35.6 Å². The Bertz CT molecular complexity index is 270. The van der Waals surface area contributed by atoms with Crippen LogP contribution < -0.4 is 0 Å². The minimum Gasteiger partial charge on any atom is -0.303 e. The minimum absolute atomic E-state index is 0.0244. The van der Waals surface area contributed by atoms with E-state index in [0.717, 1.165) is 6.29 Å². The molecule has 0 spiro atoms. The molecule has 0 saturated carbocycles. The number of hydrogen-bond donors (Lipinski definition) is 0. The van der Waals surface area contributed by atoms with Crippen molar-refractivity contribution in [1.82, 2.24) is 0 Å². The summed E-state index contributed by atoms with van der Waals surface area (Å²) in [4.78, 5) is 10.2. The van der Waals surface area contributed by atoms with Crippen LogP contribution in [-0.2, 0) is 4.79 Å². The van der Waals surface area contributed by atoms with Crippen LogP contribution in [0.3, 0.4) is 0 Å². The first-order valence-corrected chi connectivity index (χ1v) is 3.93. The molecule has 0 aliphatic rings. The van der Waals surface area contributed by atoms with Crippen molar-refractivity contribution in [3.8, 4) is 0 Å². The lowest BCUT2D eigenvalue weighted by Gasteiger charge is -2.08. The molecular formula is C10H11FO. The average molecular weight is 166 g/mol. The second-order valence-corrected chi connectivity index (χ2v) is 2.82. The molecule has 0 aliphatic heterocycles. The summed E-state index contributed by atoms with van der Waals surface area (Å²) in [5.41, 5.74) is 0.615. The monoisotopic (exact) mass is 166 g/mol. The molecule has 0 unspecified atom stereocenters. The molecule has 0 saturated heterocycles. The fourth-order valence-electron chi connectivity index (χ4n) is 1.15.